The van der Waals surface area contributed by atoms with Crippen LogP contribution < -0.4 is 0 Å². The Balaban J connectivity index is 0.000000326. The number of hydrogen-bond donors (Lipinski definition) is 1. The molecule has 0 unspecified atom stereocenters. The summed E-state index contributed by atoms with van der Waals surface area (Å²) in [5, 5.41) is 15.9. The summed E-state index contributed by atoms with van der Waals surface area (Å²) in [7, 11) is 7.36. The summed E-state index contributed by atoms with van der Waals surface area (Å²) in [6, 6.07) is 3.62. The predicted octanol–water partition coefficient (Wildman–Crippen LogP) is 3.75. The van der Waals surface area contributed by atoms with Gasteiger partial charge in [0.25, 0.3) is 0 Å². The second kappa shape index (κ2) is 12.9. The lowest BCUT2D eigenvalue weighted by Crippen LogP contribution is -1.75. The van der Waals surface area contributed by atoms with Crippen molar-refractivity contribution in [3.63, 3.8) is 0 Å². The molecular weight excluding hydrogens is 375 g/mol. The number of aliphatic hydroxyl groups is 1. The van der Waals surface area contributed by atoms with Crippen LogP contribution in [0, 0.1) is 0 Å². The molecule has 0 bridgehead atoms. The van der Waals surface area contributed by atoms with E-state index < -0.39 is 9.23 Å². The molecule has 0 radical (unpaired) electrons. The van der Waals surface area contributed by atoms with Gasteiger partial charge in [0, 0.05) is 33.5 Å². The summed E-state index contributed by atoms with van der Waals surface area (Å²) in [4.78, 5) is 0. The third-order valence-corrected chi connectivity index (χ3v) is 2.49. The first kappa shape index (κ1) is 21.4. The van der Waals surface area contributed by atoms with Gasteiger partial charge >= 0.3 is 0 Å². The van der Waals surface area contributed by atoms with E-state index in [0.717, 1.165) is 30.0 Å². The molecule has 0 saturated heterocycles. The Morgan fingerprint density at radius 3 is 1.73 bits per heavy atom. The van der Waals surface area contributed by atoms with Crippen molar-refractivity contribution in [2.75, 3.05) is 0 Å². The van der Waals surface area contributed by atoms with Crippen LogP contribution in [-0.2, 0) is 34.6 Å². The van der Waals surface area contributed by atoms with Gasteiger partial charge in [-0.1, -0.05) is 24.2 Å². The van der Waals surface area contributed by atoms with Crippen molar-refractivity contribution < 1.29 is 18.4 Å². The first-order chi connectivity index (χ1) is 10.5. The van der Waals surface area contributed by atoms with Crippen LogP contribution in [0.25, 0.3) is 0 Å². The van der Waals surface area contributed by atoms with Gasteiger partial charge in [-0.3, -0.25) is 0 Å². The number of halogens is 3. The third-order valence-electron chi connectivity index (χ3n) is 2.23. The highest BCUT2D eigenvalue weighted by molar-refractivity contribution is 8.26. The molecule has 2 rings (SSSR count). The summed E-state index contributed by atoms with van der Waals surface area (Å²) < 4.78 is 18.6. The van der Waals surface area contributed by atoms with E-state index >= 15 is 0 Å². The summed E-state index contributed by atoms with van der Waals surface area (Å²) in [6.07, 6.45) is 1.75. The van der Waals surface area contributed by atoms with Crippen LogP contribution in [-0.4, -0.2) is 19.6 Å². The van der Waals surface area contributed by atoms with E-state index in [-0.39, 0.29) is 6.61 Å². The van der Waals surface area contributed by atoms with Crippen molar-refractivity contribution in [1.29, 1.82) is 0 Å². The maximum atomic E-state index is 9.09. The molecule has 0 aliphatic heterocycles. The van der Waals surface area contributed by atoms with E-state index in [0.29, 0.717) is 11.6 Å². The van der Waals surface area contributed by atoms with Gasteiger partial charge in [0.1, 0.15) is 6.61 Å². The predicted molar refractivity (Wildman–Crippen MR) is 87.1 cm³/mol. The maximum absolute atomic E-state index is 9.09. The topological polar surface area (TPSA) is 89.4 Å². The van der Waals surface area contributed by atoms with Crippen LogP contribution in [0.2, 0.25) is 0 Å². The standard InChI is InChI=1S/C6H8ClNO.C6H9NO2.Cl2OS/c1-2-5-3-6(4-7)9-8-5;1-2-5-3-6(4-8)9-7-5;1-4(2)3/h3H,2,4H2,1H3;3,8H,2,4H2,1H3;. The summed E-state index contributed by atoms with van der Waals surface area (Å²) in [6.45, 7) is 3.95. The zero-order valence-corrected chi connectivity index (χ0v) is 15.2. The van der Waals surface area contributed by atoms with Crippen molar-refractivity contribution in [3.8, 4) is 0 Å². The van der Waals surface area contributed by atoms with Crippen LogP contribution >= 0.6 is 33.0 Å². The lowest BCUT2D eigenvalue weighted by molar-refractivity contribution is 0.228. The smallest absolute Gasteiger partial charge is 0.211 e. The lowest BCUT2D eigenvalue weighted by atomic mass is 10.3. The van der Waals surface area contributed by atoms with Gasteiger partial charge in [-0.2, -0.15) is 0 Å². The van der Waals surface area contributed by atoms with Gasteiger partial charge in [0.15, 0.2) is 11.5 Å². The van der Waals surface area contributed by atoms with Crippen molar-refractivity contribution in [2.45, 2.75) is 39.2 Å². The minimum atomic E-state index is -1.67. The highest BCUT2D eigenvalue weighted by atomic mass is 36.0. The molecule has 0 atom stereocenters. The number of aromatic nitrogens is 2. The number of aliphatic hydroxyl groups excluding tert-OH is 1. The van der Waals surface area contributed by atoms with Crippen LogP contribution in [0.1, 0.15) is 36.8 Å². The van der Waals surface area contributed by atoms with E-state index in [9.17, 15) is 0 Å². The Morgan fingerprint density at radius 1 is 1.09 bits per heavy atom. The molecule has 1 N–H and O–H groups in total. The molecule has 2 heterocycles. The minimum Gasteiger partial charge on any atom is -0.388 e. The molecule has 0 amide bonds. The van der Waals surface area contributed by atoms with E-state index in [1.165, 1.54) is 0 Å². The molecule has 6 nitrogen and oxygen atoms in total. The van der Waals surface area contributed by atoms with Crippen LogP contribution in [0.4, 0.5) is 0 Å². The number of hydrogen-bond acceptors (Lipinski definition) is 6. The Labute approximate surface area is 145 Å². The second-order valence-electron chi connectivity index (χ2n) is 3.75. The summed E-state index contributed by atoms with van der Waals surface area (Å²) in [5.41, 5.74) is 1.85. The van der Waals surface area contributed by atoms with Crippen molar-refractivity contribution in [2.24, 2.45) is 0 Å². The molecular formula is C12H17Cl3N2O4S. The Kier molecular flexibility index (Phi) is 12.5. The fourth-order valence-corrected chi connectivity index (χ4v) is 1.31. The van der Waals surface area contributed by atoms with E-state index in [1.54, 1.807) is 6.07 Å². The van der Waals surface area contributed by atoms with E-state index in [2.05, 4.69) is 31.7 Å². The SMILES string of the molecule is CCc1cc(CCl)on1.CCc1cc(CO)on1.O=S(Cl)Cl. The highest BCUT2D eigenvalue weighted by Crippen LogP contribution is 2.06. The molecule has 0 fully saturated rings. The molecule has 0 spiro atoms. The minimum absolute atomic E-state index is 0.0625. The van der Waals surface area contributed by atoms with Crippen LogP contribution in [0.3, 0.4) is 0 Å². The normalized spacial score (nSPS) is 9.77. The first-order valence-electron chi connectivity index (χ1n) is 6.26. The van der Waals surface area contributed by atoms with Gasteiger partial charge in [-0.15, -0.1) is 11.6 Å². The van der Waals surface area contributed by atoms with Gasteiger partial charge in [-0.05, 0) is 12.8 Å². The molecule has 22 heavy (non-hydrogen) atoms. The van der Waals surface area contributed by atoms with E-state index in [4.69, 9.17) is 30.0 Å². The summed E-state index contributed by atoms with van der Waals surface area (Å²) in [5.74, 6) is 1.69. The Morgan fingerprint density at radius 2 is 1.50 bits per heavy atom. The number of alkyl halides is 1. The molecule has 0 aromatic carbocycles. The second-order valence-corrected chi connectivity index (χ2v) is 6.54. The molecule has 126 valence electrons. The zero-order valence-electron chi connectivity index (χ0n) is 12.1. The average Bonchev–Trinajstić information content (AvgIpc) is 3.15. The van der Waals surface area contributed by atoms with Gasteiger partial charge in [0.2, 0.25) is 9.23 Å². The number of aryl methyl sites for hydroxylation is 2. The van der Waals surface area contributed by atoms with Crippen LogP contribution in [0.5, 0.6) is 0 Å². The molecule has 2 aromatic heterocycles. The molecule has 0 aliphatic rings. The van der Waals surface area contributed by atoms with Crippen molar-refractivity contribution >= 4 is 42.2 Å². The monoisotopic (exact) mass is 390 g/mol. The van der Waals surface area contributed by atoms with Crippen molar-refractivity contribution in [1.82, 2.24) is 10.3 Å². The number of rotatable bonds is 4. The third kappa shape index (κ3) is 10.2. The molecule has 10 heteroatoms. The Bertz CT molecular complexity index is 465. The highest BCUT2D eigenvalue weighted by Gasteiger charge is 1.98. The zero-order chi connectivity index (χ0) is 17.0. The van der Waals surface area contributed by atoms with Gasteiger partial charge < -0.3 is 14.2 Å². The Hall–Kier alpha value is -0.600. The van der Waals surface area contributed by atoms with Gasteiger partial charge in [-0.25, -0.2) is 4.21 Å². The lowest BCUT2D eigenvalue weighted by Gasteiger charge is -1.77. The number of nitrogens with zero attached hydrogens (tertiary/aromatic N) is 2. The van der Waals surface area contributed by atoms with Gasteiger partial charge in [0.05, 0.1) is 17.3 Å². The largest absolute Gasteiger partial charge is 0.388 e. The van der Waals surface area contributed by atoms with Crippen LogP contribution in [0.15, 0.2) is 21.2 Å². The molecule has 0 aliphatic carbocycles. The van der Waals surface area contributed by atoms with Crippen molar-refractivity contribution in [3.05, 3.63) is 35.0 Å². The fourth-order valence-electron chi connectivity index (χ4n) is 1.18. The quantitative estimate of drug-likeness (QED) is 0.630. The first-order valence-corrected chi connectivity index (χ1v) is 9.60. The average molecular weight is 392 g/mol. The molecule has 2 aromatic rings. The maximum Gasteiger partial charge on any atom is 0.211 e. The molecule has 0 saturated carbocycles. The fraction of sp³-hybridized carbons (Fsp3) is 0.500. The summed E-state index contributed by atoms with van der Waals surface area (Å²) >= 11 is 5.46. The van der Waals surface area contributed by atoms with E-state index in [1.807, 2.05) is 19.9 Å².